The summed E-state index contributed by atoms with van der Waals surface area (Å²) in [6, 6.07) is 4.95. The predicted octanol–water partition coefficient (Wildman–Crippen LogP) is 2.75. The lowest BCUT2D eigenvalue weighted by Crippen LogP contribution is -2.15. The molecule has 2 rings (SSSR count). The van der Waals surface area contributed by atoms with E-state index in [0.717, 1.165) is 10.7 Å². The molecule has 1 heterocycles. The van der Waals surface area contributed by atoms with Gasteiger partial charge in [0.2, 0.25) is 0 Å². The normalized spacial score (nSPS) is 12.4. The minimum absolute atomic E-state index is 0.204. The van der Waals surface area contributed by atoms with Crippen molar-refractivity contribution in [2.24, 2.45) is 0 Å². The molecule has 0 saturated carbocycles. The zero-order chi connectivity index (χ0) is 13.8. The largest absolute Gasteiger partial charge is 0.494 e. The number of hydrogen-bond acceptors (Lipinski definition) is 4. The van der Waals surface area contributed by atoms with Gasteiger partial charge in [-0.3, -0.25) is 0 Å². The SMILES string of the molecule is COc1cccc(CC(O)Cc2nc(C)cs2)c1F. The van der Waals surface area contributed by atoms with Crippen molar-refractivity contribution in [3.63, 3.8) is 0 Å². The van der Waals surface area contributed by atoms with Gasteiger partial charge in [-0.25, -0.2) is 9.37 Å². The number of hydrogen-bond donors (Lipinski definition) is 1. The van der Waals surface area contributed by atoms with Gasteiger partial charge in [-0.15, -0.1) is 11.3 Å². The van der Waals surface area contributed by atoms with E-state index in [9.17, 15) is 9.50 Å². The summed E-state index contributed by atoms with van der Waals surface area (Å²) in [5.41, 5.74) is 1.40. The number of rotatable bonds is 5. The molecule has 1 unspecified atom stereocenters. The monoisotopic (exact) mass is 281 g/mol. The van der Waals surface area contributed by atoms with Crippen LogP contribution in [0.4, 0.5) is 4.39 Å². The molecule has 19 heavy (non-hydrogen) atoms. The highest BCUT2D eigenvalue weighted by Crippen LogP contribution is 2.22. The first-order valence-corrected chi connectivity index (χ1v) is 6.88. The van der Waals surface area contributed by atoms with Gasteiger partial charge in [-0.2, -0.15) is 0 Å². The molecule has 0 aliphatic heterocycles. The van der Waals surface area contributed by atoms with Crippen molar-refractivity contribution in [1.82, 2.24) is 4.98 Å². The molecule has 102 valence electrons. The van der Waals surface area contributed by atoms with Gasteiger partial charge in [0.25, 0.3) is 0 Å². The Morgan fingerprint density at radius 1 is 1.42 bits per heavy atom. The number of aromatic nitrogens is 1. The van der Waals surface area contributed by atoms with Crippen LogP contribution in [-0.4, -0.2) is 23.3 Å². The number of methoxy groups -OCH3 is 1. The lowest BCUT2D eigenvalue weighted by molar-refractivity contribution is 0.173. The Kier molecular flexibility index (Phi) is 4.50. The molecule has 0 radical (unpaired) electrons. The van der Waals surface area contributed by atoms with Crippen LogP contribution in [0.15, 0.2) is 23.6 Å². The number of nitrogens with zero attached hydrogens (tertiary/aromatic N) is 1. The molecule has 3 nitrogen and oxygen atoms in total. The highest BCUT2D eigenvalue weighted by molar-refractivity contribution is 7.09. The van der Waals surface area contributed by atoms with Crippen molar-refractivity contribution in [1.29, 1.82) is 0 Å². The van der Waals surface area contributed by atoms with Gasteiger partial charge in [-0.05, 0) is 18.6 Å². The summed E-state index contributed by atoms with van der Waals surface area (Å²) >= 11 is 1.51. The number of aliphatic hydroxyl groups is 1. The Labute approximate surface area is 115 Å². The van der Waals surface area contributed by atoms with E-state index in [0.29, 0.717) is 12.0 Å². The summed E-state index contributed by atoms with van der Waals surface area (Å²) < 4.78 is 18.8. The van der Waals surface area contributed by atoms with E-state index in [4.69, 9.17) is 4.74 Å². The van der Waals surface area contributed by atoms with Crippen molar-refractivity contribution in [2.45, 2.75) is 25.9 Å². The highest BCUT2D eigenvalue weighted by atomic mass is 32.1. The van der Waals surface area contributed by atoms with Crippen LogP contribution in [0.1, 0.15) is 16.3 Å². The zero-order valence-corrected chi connectivity index (χ0v) is 11.7. The maximum Gasteiger partial charge on any atom is 0.168 e. The Bertz CT molecular complexity index is 556. The summed E-state index contributed by atoms with van der Waals surface area (Å²) in [7, 11) is 1.43. The number of thiazole rings is 1. The molecule has 5 heteroatoms. The third kappa shape index (κ3) is 3.52. The summed E-state index contributed by atoms with van der Waals surface area (Å²) in [6.45, 7) is 1.91. The van der Waals surface area contributed by atoms with E-state index >= 15 is 0 Å². The van der Waals surface area contributed by atoms with E-state index in [1.807, 2.05) is 12.3 Å². The number of ether oxygens (including phenoxy) is 1. The highest BCUT2D eigenvalue weighted by Gasteiger charge is 2.14. The Balaban J connectivity index is 2.04. The molecule has 0 amide bonds. The summed E-state index contributed by atoms with van der Waals surface area (Å²) in [5, 5.41) is 12.8. The first-order chi connectivity index (χ1) is 9.10. The number of halogens is 1. The molecule has 1 atom stereocenters. The van der Waals surface area contributed by atoms with Crippen LogP contribution >= 0.6 is 11.3 Å². The molecule has 1 aromatic heterocycles. The Hall–Kier alpha value is -1.46. The van der Waals surface area contributed by atoms with E-state index in [1.54, 1.807) is 18.2 Å². The fraction of sp³-hybridized carbons (Fsp3) is 0.357. The molecular formula is C14H16FNO2S. The van der Waals surface area contributed by atoms with Crippen LogP contribution < -0.4 is 4.74 Å². The lowest BCUT2D eigenvalue weighted by atomic mass is 10.0. The zero-order valence-electron chi connectivity index (χ0n) is 10.9. The standard InChI is InChI=1S/C14H16FNO2S/c1-9-8-19-13(16-9)7-11(17)6-10-4-3-5-12(18-2)14(10)15/h3-5,8,11,17H,6-7H2,1-2H3. The third-order valence-electron chi connectivity index (χ3n) is 2.80. The van der Waals surface area contributed by atoms with Crippen LogP contribution in [-0.2, 0) is 12.8 Å². The van der Waals surface area contributed by atoms with Gasteiger partial charge < -0.3 is 9.84 Å². The molecular weight excluding hydrogens is 265 g/mol. The van der Waals surface area contributed by atoms with Gasteiger partial charge in [0.05, 0.1) is 18.2 Å². The maximum atomic E-state index is 13.9. The molecule has 0 fully saturated rings. The minimum atomic E-state index is -0.646. The van der Waals surface area contributed by atoms with Crippen LogP contribution in [0.25, 0.3) is 0 Å². The molecule has 0 aliphatic rings. The third-order valence-corrected chi connectivity index (χ3v) is 3.78. The predicted molar refractivity (Wildman–Crippen MR) is 73.2 cm³/mol. The van der Waals surface area contributed by atoms with Crippen molar-refractivity contribution >= 4 is 11.3 Å². The fourth-order valence-corrected chi connectivity index (χ4v) is 2.74. The van der Waals surface area contributed by atoms with E-state index in [-0.39, 0.29) is 12.2 Å². The van der Waals surface area contributed by atoms with Crippen LogP contribution in [0, 0.1) is 12.7 Å². The number of aliphatic hydroxyl groups excluding tert-OH is 1. The van der Waals surface area contributed by atoms with Crippen LogP contribution in [0.3, 0.4) is 0 Å². The fourth-order valence-electron chi connectivity index (χ4n) is 1.90. The van der Waals surface area contributed by atoms with Crippen LogP contribution in [0.5, 0.6) is 5.75 Å². The average Bonchev–Trinajstić information content (AvgIpc) is 2.77. The first-order valence-electron chi connectivity index (χ1n) is 6.00. The first kappa shape index (κ1) is 14.0. The topological polar surface area (TPSA) is 42.4 Å². The van der Waals surface area contributed by atoms with E-state index in [1.165, 1.54) is 18.4 Å². The quantitative estimate of drug-likeness (QED) is 0.916. The Morgan fingerprint density at radius 2 is 2.21 bits per heavy atom. The van der Waals surface area contributed by atoms with Gasteiger partial charge in [0, 0.05) is 23.9 Å². The second-order valence-electron chi connectivity index (χ2n) is 4.38. The minimum Gasteiger partial charge on any atom is -0.494 e. The lowest BCUT2D eigenvalue weighted by Gasteiger charge is -2.11. The second kappa shape index (κ2) is 6.12. The van der Waals surface area contributed by atoms with E-state index < -0.39 is 11.9 Å². The van der Waals surface area contributed by atoms with Crippen LogP contribution in [0.2, 0.25) is 0 Å². The number of aryl methyl sites for hydroxylation is 1. The summed E-state index contributed by atoms with van der Waals surface area (Å²) in [6.07, 6.45) is 0.0451. The summed E-state index contributed by atoms with van der Waals surface area (Å²) in [5.74, 6) is -0.200. The van der Waals surface area contributed by atoms with Gasteiger partial charge >= 0.3 is 0 Å². The molecule has 2 aromatic rings. The molecule has 1 aromatic carbocycles. The second-order valence-corrected chi connectivity index (χ2v) is 5.32. The van der Waals surface area contributed by atoms with Gasteiger partial charge in [0.15, 0.2) is 11.6 Å². The van der Waals surface area contributed by atoms with Crippen molar-refractivity contribution in [3.05, 3.63) is 45.7 Å². The van der Waals surface area contributed by atoms with Gasteiger partial charge in [0.1, 0.15) is 0 Å². The van der Waals surface area contributed by atoms with Crippen molar-refractivity contribution < 1.29 is 14.2 Å². The average molecular weight is 281 g/mol. The molecule has 0 spiro atoms. The Morgan fingerprint density at radius 3 is 2.84 bits per heavy atom. The molecule has 0 bridgehead atoms. The smallest absolute Gasteiger partial charge is 0.168 e. The molecule has 0 aliphatic carbocycles. The van der Waals surface area contributed by atoms with Crippen molar-refractivity contribution in [3.8, 4) is 5.75 Å². The maximum absolute atomic E-state index is 13.9. The van der Waals surface area contributed by atoms with E-state index in [2.05, 4.69) is 4.98 Å². The molecule has 1 N–H and O–H groups in total. The summed E-state index contributed by atoms with van der Waals surface area (Å²) in [4.78, 5) is 4.29. The number of benzene rings is 1. The van der Waals surface area contributed by atoms with Crippen molar-refractivity contribution in [2.75, 3.05) is 7.11 Å². The molecule has 0 saturated heterocycles. The van der Waals surface area contributed by atoms with Gasteiger partial charge in [-0.1, -0.05) is 12.1 Å².